The molecule has 1 saturated heterocycles. The Labute approximate surface area is 162 Å². The zero-order chi connectivity index (χ0) is 20.4. The van der Waals surface area contributed by atoms with Crippen molar-refractivity contribution in [3.8, 4) is 0 Å². The van der Waals surface area contributed by atoms with Crippen LogP contribution in [-0.4, -0.2) is 51.6 Å². The van der Waals surface area contributed by atoms with Crippen LogP contribution in [0, 0.1) is 20.9 Å². The predicted octanol–water partition coefficient (Wildman–Crippen LogP) is 2.62. The molecule has 4 rings (SSSR count). The summed E-state index contributed by atoms with van der Waals surface area (Å²) in [4.78, 5) is 51.3. The molecule has 1 aromatic carbocycles. The van der Waals surface area contributed by atoms with E-state index in [0.717, 1.165) is 30.2 Å². The SMILES string of the molecule is CC1(C)CC2CC(C)(CN2C(=O)CN2C(=O)c3ccc([N+](=O)[O-])cc3C2=O)C1. The van der Waals surface area contributed by atoms with Gasteiger partial charge in [-0.3, -0.25) is 29.4 Å². The maximum Gasteiger partial charge on any atom is 0.270 e. The highest BCUT2D eigenvalue weighted by Gasteiger charge is 2.51. The molecule has 2 bridgehead atoms. The molecule has 2 heterocycles. The van der Waals surface area contributed by atoms with E-state index in [4.69, 9.17) is 0 Å². The number of fused-ring (bicyclic) bond motifs is 3. The standard InChI is InChI=1S/C20H23N3O5/c1-19(2)7-13-8-20(3,10-19)11-22(13)16(24)9-21-17(25)14-5-4-12(23(27)28)6-15(14)18(21)26/h4-6,13H,7-11H2,1-3H3. The van der Waals surface area contributed by atoms with Crippen molar-refractivity contribution in [3.05, 3.63) is 39.4 Å². The number of benzene rings is 1. The lowest BCUT2D eigenvalue weighted by molar-refractivity contribution is -0.384. The first-order valence-corrected chi connectivity index (χ1v) is 9.44. The number of carbonyl (C=O) groups is 3. The van der Waals surface area contributed by atoms with Gasteiger partial charge in [0, 0.05) is 24.7 Å². The van der Waals surface area contributed by atoms with Crippen molar-refractivity contribution < 1.29 is 19.3 Å². The highest BCUT2D eigenvalue weighted by atomic mass is 16.6. The maximum atomic E-state index is 13.0. The molecule has 148 valence electrons. The van der Waals surface area contributed by atoms with E-state index in [0.29, 0.717) is 6.54 Å². The van der Waals surface area contributed by atoms with Gasteiger partial charge in [0.1, 0.15) is 6.54 Å². The molecule has 1 aromatic rings. The van der Waals surface area contributed by atoms with E-state index < -0.39 is 16.7 Å². The molecule has 28 heavy (non-hydrogen) atoms. The zero-order valence-electron chi connectivity index (χ0n) is 16.2. The number of nitrogens with zero attached hydrogens (tertiary/aromatic N) is 3. The van der Waals surface area contributed by atoms with Crippen molar-refractivity contribution in [1.82, 2.24) is 9.80 Å². The lowest BCUT2D eigenvalue weighted by Crippen LogP contribution is -2.45. The Balaban J connectivity index is 1.54. The summed E-state index contributed by atoms with van der Waals surface area (Å²) >= 11 is 0. The highest BCUT2D eigenvalue weighted by Crippen LogP contribution is 2.52. The third-order valence-corrected chi connectivity index (χ3v) is 6.19. The van der Waals surface area contributed by atoms with Crippen LogP contribution in [0.1, 0.15) is 60.7 Å². The minimum Gasteiger partial charge on any atom is -0.338 e. The van der Waals surface area contributed by atoms with Gasteiger partial charge in [-0.05, 0) is 36.2 Å². The lowest BCUT2D eigenvalue weighted by Gasteiger charge is -2.39. The number of likely N-dealkylation sites (tertiary alicyclic amines) is 1. The first-order chi connectivity index (χ1) is 13.0. The van der Waals surface area contributed by atoms with Gasteiger partial charge < -0.3 is 4.90 Å². The minimum absolute atomic E-state index is 0.0136. The van der Waals surface area contributed by atoms with Gasteiger partial charge in [0.15, 0.2) is 0 Å². The van der Waals surface area contributed by atoms with Crippen LogP contribution in [0.15, 0.2) is 18.2 Å². The largest absolute Gasteiger partial charge is 0.338 e. The summed E-state index contributed by atoms with van der Waals surface area (Å²) in [5.74, 6) is -1.46. The van der Waals surface area contributed by atoms with Gasteiger partial charge in [-0.25, -0.2) is 0 Å². The third-order valence-electron chi connectivity index (χ3n) is 6.19. The Kier molecular flexibility index (Phi) is 3.89. The molecule has 8 heteroatoms. The summed E-state index contributed by atoms with van der Waals surface area (Å²) in [5, 5.41) is 10.9. The van der Waals surface area contributed by atoms with Crippen molar-refractivity contribution in [3.63, 3.8) is 0 Å². The quantitative estimate of drug-likeness (QED) is 0.452. The van der Waals surface area contributed by atoms with Gasteiger partial charge >= 0.3 is 0 Å². The van der Waals surface area contributed by atoms with Gasteiger partial charge in [0.05, 0.1) is 16.1 Å². The summed E-state index contributed by atoms with van der Waals surface area (Å²) < 4.78 is 0. The fourth-order valence-corrected chi connectivity index (χ4v) is 5.51. The molecular weight excluding hydrogens is 362 g/mol. The molecule has 2 aliphatic heterocycles. The molecule has 2 fully saturated rings. The molecule has 0 radical (unpaired) electrons. The fourth-order valence-electron chi connectivity index (χ4n) is 5.51. The average Bonchev–Trinajstić information content (AvgIpc) is 2.98. The lowest BCUT2D eigenvalue weighted by atomic mass is 9.65. The second kappa shape index (κ2) is 5.86. The molecule has 3 aliphatic rings. The summed E-state index contributed by atoms with van der Waals surface area (Å²) in [6.45, 7) is 6.92. The van der Waals surface area contributed by atoms with Gasteiger partial charge in [-0.15, -0.1) is 0 Å². The number of rotatable bonds is 3. The molecule has 1 saturated carbocycles. The third kappa shape index (κ3) is 2.87. The first kappa shape index (κ1) is 18.6. The van der Waals surface area contributed by atoms with Crippen molar-refractivity contribution in [2.24, 2.45) is 10.8 Å². The zero-order valence-corrected chi connectivity index (χ0v) is 16.2. The second-order valence-electron chi connectivity index (χ2n) is 9.42. The van der Waals surface area contributed by atoms with E-state index in [-0.39, 0.29) is 46.1 Å². The van der Waals surface area contributed by atoms with Crippen LogP contribution in [-0.2, 0) is 4.79 Å². The molecule has 2 unspecified atom stereocenters. The van der Waals surface area contributed by atoms with Crippen LogP contribution >= 0.6 is 0 Å². The van der Waals surface area contributed by atoms with E-state index >= 15 is 0 Å². The topological polar surface area (TPSA) is 101 Å². The molecule has 2 atom stereocenters. The average molecular weight is 385 g/mol. The van der Waals surface area contributed by atoms with Crippen LogP contribution in [0.5, 0.6) is 0 Å². The molecule has 0 aromatic heterocycles. The number of amides is 3. The normalized spacial score (nSPS) is 27.9. The molecule has 8 nitrogen and oxygen atoms in total. The number of carbonyl (C=O) groups excluding carboxylic acids is 3. The van der Waals surface area contributed by atoms with Gasteiger partial charge in [-0.2, -0.15) is 0 Å². The van der Waals surface area contributed by atoms with Gasteiger partial charge in [0.2, 0.25) is 5.91 Å². The number of imide groups is 1. The second-order valence-corrected chi connectivity index (χ2v) is 9.42. The van der Waals surface area contributed by atoms with Crippen molar-refractivity contribution >= 4 is 23.4 Å². The van der Waals surface area contributed by atoms with E-state index in [9.17, 15) is 24.5 Å². The Morgan fingerprint density at radius 3 is 2.54 bits per heavy atom. The Bertz CT molecular complexity index is 924. The summed E-state index contributed by atoms with van der Waals surface area (Å²) in [7, 11) is 0. The van der Waals surface area contributed by atoms with E-state index in [1.165, 1.54) is 12.1 Å². The fraction of sp³-hybridized carbons (Fsp3) is 0.550. The highest BCUT2D eigenvalue weighted by molar-refractivity contribution is 6.22. The number of non-ortho nitro benzene ring substituents is 1. The van der Waals surface area contributed by atoms with E-state index in [1.807, 2.05) is 4.90 Å². The Hall–Kier alpha value is -2.77. The molecule has 0 N–H and O–H groups in total. The molecule has 1 aliphatic carbocycles. The molecule has 3 amide bonds. The van der Waals surface area contributed by atoms with Crippen molar-refractivity contribution in [1.29, 1.82) is 0 Å². The Morgan fingerprint density at radius 1 is 1.18 bits per heavy atom. The predicted molar refractivity (Wildman–Crippen MR) is 99.7 cm³/mol. The van der Waals surface area contributed by atoms with Crippen molar-refractivity contribution in [2.45, 2.75) is 46.1 Å². The smallest absolute Gasteiger partial charge is 0.270 e. The van der Waals surface area contributed by atoms with Crippen LogP contribution in [0.3, 0.4) is 0 Å². The first-order valence-electron chi connectivity index (χ1n) is 9.44. The van der Waals surface area contributed by atoms with Crippen LogP contribution in [0.2, 0.25) is 0 Å². The number of nitro benzene ring substituents is 1. The summed E-state index contributed by atoms with van der Waals surface area (Å²) in [6.07, 6.45) is 2.89. The minimum atomic E-state index is -0.647. The summed E-state index contributed by atoms with van der Waals surface area (Å²) in [6, 6.07) is 3.70. The number of nitro groups is 1. The van der Waals surface area contributed by atoms with Gasteiger partial charge in [0.25, 0.3) is 17.5 Å². The number of hydrogen-bond donors (Lipinski definition) is 0. The van der Waals surface area contributed by atoms with Gasteiger partial charge in [-0.1, -0.05) is 20.8 Å². The van der Waals surface area contributed by atoms with Crippen molar-refractivity contribution in [2.75, 3.05) is 13.1 Å². The van der Waals surface area contributed by atoms with E-state index in [1.54, 1.807) is 0 Å². The van der Waals surface area contributed by atoms with Crippen LogP contribution < -0.4 is 0 Å². The Morgan fingerprint density at radius 2 is 1.86 bits per heavy atom. The maximum absolute atomic E-state index is 13.0. The monoisotopic (exact) mass is 385 g/mol. The van der Waals surface area contributed by atoms with Crippen LogP contribution in [0.25, 0.3) is 0 Å². The summed E-state index contributed by atoms with van der Waals surface area (Å²) in [5.41, 5.74) is 0.0553. The van der Waals surface area contributed by atoms with Crippen LogP contribution in [0.4, 0.5) is 5.69 Å². The van der Waals surface area contributed by atoms with E-state index in [2.05, 4.69) is 20.8 Å². The number of hydrogen-bond acceptors (Lipinski definition) is 5. The molecule has 0 spiro atoms. The molecular formula is C20H23N3O5.